The Morgan fingerprint density at radius 2 is 1.94 bits per heavy atom. The number of hydrogen-bond acceptors (Lipinski definition) is 7. The Labute approximate surface area is 214 Å². The Bertz CT molecular complexity index is 1110. The van der Waals surface area contributed by atoms with Gasteiger partial charge in [0, 0.05) is 35.7 Å². The lowest BCUT2D eigenvalue weighted by molar-refractivity contribution is 0.0916. The minimum absolute atomic E-state index is 0.162. The Morgan fingerprint density at radius 1 is 1.11 bits per heavy atom. The topological polar surface area (TPSA) is 102 Å². The molecular formula is C25H30N4O4S2. The highest BCUT2D eigenvalue weighted by molar-refractivity contribution is 7.97. The summed E-state index contributed by atoms with van der Waals surface area (Å²) in [5.41, 5.74) is 3.26. The molecule has 3 amide bonds. The first kappa shape index (κ1) is 26.5. The Balaban J connectivity index is 1.73. The second-order valence-electron chi connectivity index (χ2n) is 7.73. The molecule has 0 saturated heterocycles. The largest absolute Gasteiger partial charge is 0.488 e. The molecule has 0 saturated carbocycles. The van der Waals surface area contributed by atoms with Crippen LogP contribution in [-0.4, -0.2) is 42.5 Å². The van der Waals surface area contributed by atoms with E-state index >= 15 is 0 Å². The third-order valence-electron chi connectivity index (χ3n) is 4.82. The van der Waals surface area contributed by atoms with Gasteiger partial charge in [0.05, 0.1) is 6.61 Å². The highest BCUT2D eigenvalue weighted by atomic mass is 32.2. The van der Waals surface area contributed by atoms with Crippen LogP contribution >= 0.6 is 23.3 Å². The van der Waals surface area contributed by atoms with E-state index in [2.05, 4.69) is 20.3 Å². The molecule has 0 fully saturated rings. The normalized spacial score (nSPS) is 11.5. The lowest BCUT2D eigenvalue weighted by Gasteiger charge is -2.16. The fourth-order valence-corrected chi connectivity index (χ4v) is 4.20. The first-order chi connectivity index (χ1) is 17.0. The molecule has 10 heteroatoms. The predicted octanol–water partition coefficient (Wildman–Crippen LogP) is 5.38. The minimum atomic E-state index is -0.250. The zero-order chi connectivity index (χ0) is 25.0. The quantitative estimate of drug-likeness (QED) is 0.280. The van der Waals surface area contributed by atoms with Gasteiger partial charge in [0.15, 0.2) is 5.13 Å². The van der Waals surface area contributed by atoms with Gasteiger partial charge in [-0.15, -0.1) is 11.3 Å². The van der Waals surface area contributed by atoms with Crippen molar-refractivity contribution in [2.24, 2.45) is 0 Å². The third kappa shape index (κ3) is 8.89. The van der Waals surface area contributed by atoms with E-state index < -0.39 is 0 Å². The molecule has 8 nitrogen and oxygen atoms in total. The van der Waals surface area contributed by atoms with Crippen LogP contribution in [0.4, 0.5) is 15.6 Å². The SMILES string of the molecule is CCSNC(=O)Nc1cccc(CCc2cc(O[C@@H](C)COC)cc(C(=O)Nc3nccs3)c2)c1. The zero-order valence-corrected chi connectivity index (χ0v) is 21.6. The molecule has 0 spiro atoms. The van der Waals surface area contributed by atoms with Gasteiger partial charge in [-0.05, 0) is 73.2 Å². The summed E-state index contributed by atoms with van der Waals surface area (Å²) in [6.07, 6.45) is 2.90. The Kier molecular flexibility index (Phi) is 10.4. The van der Waals surface area contributed by atoms with Gasteiger partial charge in [0.2, 0.25) is 0 Å². The highest BCUT2D eigenvalue weighted by Gasteiger charge is 2.13. The summed E-state index contributed by atoms with van der Waals surface area (Å²) < 4.78 is 13.9. The number of carbonyl (C=O) groups is 2. The van der Waals surface area contributed by atoms with Crippen molar-refractivity contribution < 1.29 is 19.1 Å². The van der Waals surface area contributed by atoms with E-state index in [4.69, 9.17) is 9.47 Å². The van der Waals surface area contributed by atoms with Crippen LogP contribution in [0.2, 0.25) is 0 Å². The zero-order valence-electron chi connectivity index (χ0n) is 20.0. The number of rotatable bonds is 12. The Morgan fingerprint density at radius 3 is 2.69 bits per heavy atom. The minimum Gasteiger partial charge on any atom is -0.488 e. The van der Waals surface area contributed by atoms with Crippen molar-refractivity contribution in [3.05, 3.63) is 70.7 Å². The van der Waals surface area contributed by atoms with E-state index in [1.807, 2.05) is 55.6 Å². The monoisotopic (exact) mass is 514 g/mol. The van der Waals surface area contributed by atoms with E-state index in [1.54, 1.807) is 19.4 Å². The fraction of sp³-hybridized carbons (Fsp3) is 0.320. The highest BCUT2D eigenvalue weighted by Crippen LogP contribution is 2.22. The molecule has 3 rings (SSSR count). The molecule has 0 aliphatic carbocycles. The average Bonchev–Trinajstić information content (AvgIpc) is 3.35. The maximum atomic E-state index is 12.9. The standard InChI is InChI=1S/C25H30N4O4S2/c1-4-35-29-24(31)27-21-7-5-6-18(13-21)8-9-19-12-20(23(30)28-25-26-10-11-34-25)15-22(14-19)33-17(2)16-32-3/h5-7,10-15,17H,4,8-9,16H2,1-3H3,(H,26,28,30)(H2,27,29,31)/t17-/m0/s1. The van der Waals surface area contributed by atoms with Gasteiger partial charge in [0.25, 0.3) is 5.91 Å². The number of thiazole rings is 1. The molecular weight excluding hydrogens is 484 g/mol. The van der Waals surface area contributed by atoms with E-state index in [1.165, 1.54) is 23.3 Å². The first-order valence-electron chi connectivity index (χ1n) is 11.2. The van der Waals surface area contributed by atoms with Crippen LogP contribution in [-0.2, 0) is 17.6 Å². The van der Waals surface area contributed by atoms with Crippen molar-refractivity contribution in [3.8, 4) is 5.75 Å². The molecule has 1 atom stereocenters. The summed E-state index contributed by atoms with van der Waals surface area (Å²) in [4.78, 5) is 28.9. The van der Waals surface area contributed by atoms with Crippen molar-refractivity contribution in [3.63, 3.8) is 0 Å². The molecule has 186 valence electrons. The van der Waals surface area contributed by atoms with Gasteiger partial charge in [-0.3, -0.25) is 14.8 Å². The van der Waals surface area contributed by atoms with E-state index in [9.17, 15) is 9.59 Å². The van der Waals surface area contributed by atoms with Gasteiger partial charge < -0.3 is 14.8 Å². The maximum Gasteiger partial charge on any atom is 0.329 e. The number of aryl methyl sites for hydroxylation is 2. The maximum absolute atomic E-state index is 12.9. The van der Waals surface area contributed by atoms with Gasteiger partial charge in [0.1, 0.15) is 11.9 Å². The van der Waals surface area contributed by atoms with Crippen LogP contribution in [0.5, 0.6) is 5.75 Å². The Hall–Kier alpha value is -3.08. The predicted molar refractivity (Wildman–Crippen MR) is 143 cm³/mol. The molecule has 0 unspecified atom stereocenters. The first-order valence-corrected chi connectivity index (χ1v) is 13.1. The summed E-state index contributed by atoms with van der Waals surface area (Å²) in [6, 6.07) is 13.0. The molecule has 3 N–H and O–H groups in total. The lowest BCUT2D eigenvalue weighted by atomic mass is 10.0. The number of benzene rings is 2. The molecule has 2 aromatic carbocycles. The molecule has 3 aromatic rings. The van der Waals surface area contributed by atoms with Crippen LogP contribution in [0.15, 0.2) is 54.0 Å². The van der Waals surface area contributed by atoms with Crippen molar-refractivity contribution >= 4 is 46.0 Å². The summed E-state index contributed by atoms with van der Waals surface area (Å²) in [7, 11) is 1.62. The molecule has 35 heavy (non-hydrogen) atoms. The van der Waals surface area contributed by atoms with Crippen molar-refractivity contribution in [2.45, 2.75) is 32.8 Å². The molecule has 0 radical (unpaired) electrons. The fourth-order valence-electron chi connectivity index (χ4n) is 3.35. The molecule has 0 bridgehead atoms. The summed E-state index contributed by atoms with van der Waals surface area (Å²) in [6.45, 7) is 4.33. The number of aromatic nitrogens is 1. The van der Waals surface area contributed by atoms with Crippen molar-refractivity contribution in [1.29, 1.82) is 0 Å². The second-order valence-corrected chi connectivity index (χ2v) is 9.70. The van der Waals surface area contributed by atoms with E-state index in [0.717, 1.165) is 29.0 Å². The smallest absolute Gasteiger partial charge is 0.329 e. The summed E-state index contributed by atoms with van der Waals surface area (Å²) >= 11 is 2.70. The third-order valence-corrected chi connectivity index (χ3v) is 6.12. The molecule has 0 aliphatic heterocycles. The van der Waals surface area contributed by atoms with Crippen LogP contribution in [0.3, 0.4) is 0 Å². The van der Waals surface area contributed by atoms with Crippen molar-refractivity contribution in [2.75, 3.05) is 30.1 Å². The molecule has 1 heterocycles. The average molecular weight is 515 g/mol. The number of methoxy groups -OCH3 is 1. The van der Waals surface area contributed by atoms with Crippen LogP contribution in [0, 0.1) is 0 Å². The van der Waals surface area contributed by atoms with Crippen LogP contribution in [0.1, 0.15) is 35.3 Å². The second kappa shape index (κ2) is 13.7. The van der Waals surface area contributed by atoms with Crippen molar-refractivity contribution in [1.82, 2.24) is 9.71 Å². The molecule has 1 aromatic heterocycles. The lowest BCUT2D eigenvalue weighted by Crippen LogP contribution is -2.22. The van der Waals surface area contributed by atoms with Gasteiger partial charge in [-0.1, -0.05) is 19.1 Å². The number of urea groups is 1. The van der Waals surface area contributed by atoms with Crippen LogP contribution < -0.4 is 20.1 Å². The number of nitrogens with one attached hydrogen (secondary N) is 3. The van der Waals surface area contributed by atoms with E-state index in [0.29, 0.717) is 29.5 Å². The number of nitrogens with zero attached hydrogens (tertiary/aromatic N) is 1. The summed E-state index contributed by atoms with van der Waals surface area (Å²) in [5, 5.41) is 8.02. The van der Waals surface area contributed by atoms with E-state index in [-0.39, 0.29) is 18.0 Å². The summed E-state index contributed by atoms with van der Waals surface area (Å²) in [5.74, 6) is 1.16. The number of hydrogen-bond donors (Lipinski definition) is 3. The number of amides is 3. The number of anilines is 2. The number of carbonyl (C=O) groups excluding carboxylic acids is 2. The van der Waals surface area contributed by atoms with Crippen LogP contribution in [0.25, 0.3) is 0 Å². The van der Waals surface area contributed by atoms with Gasteiger partial charge >= 0.3 is 6.03 Å². The van der Waals surface area contributed by atoms with Gasteiger partial charge in [-0.2, -0.15) is 0 Å². The molecule has 0 aliphatic rings. The number of ether oxygens (including phenoxy) is 2. The van der Waals surface area contributed by atoms with Gasteiger partial charge in [-0.25, -0.2) is 9.78 Å².